The maximum Gasteiger partial charge on any atom is 0.158 e. The number of aryl methyl sites for hydroxylation is 2. The molecule has 0 saturated carbocycles. The van der Waals surface area contributed by atoms with Crippen LogP contribution in [0.2, 0.25) is 0 Å². The molecule has 0 fully saturated rings. The SMILES string of the molecule is Cc1nn(C)c2c1nc(CCl)n2C(C)CS(C)=O. The number of alkyl halides is 1. The lowest BCUT2D eigenvalue weighted by Gasteiger charge is -2.15. The van der Waals surface area contributed by atoms with Crippen LogP contribution < -0.4 is 0 Å². The molecule has 100 valence electrons. The average molecular weight is 289 g/mol. The fourth-order valence-corrected chi connectivity index (χ4v) is 3.33. The Bertz CT molecular complexity index is 604. The van der Waals surface area contributed by atoms with Crippen molar-refractivity contribution in [3.05, 3.63) is 11.5 Å². The van der Waals surface area contributed by atoms with Crippen molar-refractivity contribution in [1.29, 1.82) is 0 Å². The third-order valence-electron chi connectivity index (χ3n) is 2.94. The molecule has 0 N–H and O–H groups in total. The Morgan fingerprint density at radius 2 is 2.17 bits per heavy atom. The summed E-state index contributed by atoms with van der Waals surface area (Å²) in [6.07, 6.45) is 1.71. The van der Waals surface area contributed by atoms with E-state index in [1.807, 2.05) is 30.1 Å². The van der Waals surface area contributed by atoms with Gasteiger partial charge in [0, 0.05) is 35.9 Å². The molecule has 0 spiro atoms. The normalized spacial score (nSPS) is 15.2. The van der Waals surface area contributed by atoms with Crippen molar-refractivity contribution in [1.82, 2.24) is 19.3 Å². The van der Waals surface area contributed by atoms with Crippen LogP contribution in [0, 0.1) is 6.92 Å². The number of imidazole rings is 1. The van der Waals surface area contributed by atoms with Crippen LogP contribution in [0.3, 0.4) is 0 Å². The molecule has 2 aromatic rings. The quantitative estimate of drug-likeness (QED) is 0.806. The van der Waals surface area contributed by atoms with Crippen LogP contribution in [0.25, 0.3) is 11.2 Å². The van der Waals surface area contributed by atoms with Gasteiger partial charge in [0.1, 0.15) is 11.3 Å². The van der Waals surface area contributed by atoms with E-state index >= 15 is 0 Å². The van der Waals surface area contributed by atoms with Gasteiger partial charge in [0.05, 0.1) is 11.6 Å². The number of rotatable bonds is 4. The lowest BCUT2D eigenvalue weighted by atomic mass is 10.3. The monoisotopic (exact) mass is 288 g/mol. The van der Waals surface area contributed by atoms with Gasteiger partial charge in [0.2, 0.25) is 0 Å². The zero-order chi connectivity index (χ0) is 13.4. The van der Waals surface area contributed by atoms with Gasteiger partial charge in [-0.1, -0.05) is 0 Å². The minimum absolute atomic E-state index is 0.0874. The molecule has 0 aromatic carbocycles. The molecule has 5 nitrogen and oxygen atoms in total. The second-order valence-electron chi connectivity index (χ2n) is 4.50. The zero-order valence-electron chi connectivity index (χ0n) is 11.0. The summed E-state index contributed by atoms with van der Waals surface area (Å²) < 4.78 is 15.3. The number of hydrogen-bond acceptors (Lipinski definition) is 3. The first-order chi connectivity index (χ1) is 8.45. The van der Waals surface area contributed by atoms with Crippen LogP contribution in [-0.4, -0.2) is 35.5 Å². The van der Waals surface area contributed by atoms with Crippen LogP contribution in [-0.2, 0) is 23.7 Å². The van der Waals surface area contributed by atoms with Crippen molar-refractivity contribution in [3.63, 3.8) is 0 Å². The smallest absolute Gasteiger partial charge is 0.158 e. The summed E-state index contributed by atoms with van der Waals surface area (Å²) in [5.74, 6) is 1.73. The molecule has 2 heterocycles. The highest BCUT2D eigenvalue weighted by Crippen LogP contribution is 2.24. The number of halogens is 1. The molecule has 0 radical (unpaired) electrons. The van der Waals surface area contributed by atoms with Gasteiger partial charge in [-0.25, -0.2) is 4.98 Å². The third kappa shape index (κ3) is 2.19. The third-order valence-corrected chi connectivity index (χ3v) is 4.14. The molecule has 0 aliphatic rings. The predicted octanol–water partition coefficient (Wildman–Crippen LogP) is 1.76. The second-order valence-corrected chi connectivity index (χ2v) is 6.25. The molecule has 2 unspecified atom stereocenters. The molecule has 0 aliphatic carbocycles. The molecule has 2 aromatic heterocycles. The van der Waals surface area contributed by atoms with E-state index in [0.717, 1.165) is 22.7 Å². The highest BCUT2D eigenvalue weighted by molar-refractivity contribution is 7.84. The molecule has 0 bridgehead atoms. The minimum Gasteiger partial charge on any atom is -0.308 e. The van der Waals surface area contributed by atoms with Crippen molar-refractivity contribution in [2.24, 2.45) is 7.05 Å². The standard InChI is InChI=1S/C11H17ClN4OS/c1-7(6-18(4)17)16-9(5-12)13-10-8(2)14-15(3)11(10)16/h7H,5-6H2,1-4H3. The van der Waals surface area contributed by atoms with Crippen LogP contribution in [0.4, 0.5) is 0 Å². The van der Waals surface area contributed by atoms with Gasteiger partial charge in [-0.05, 0) is 13.8 Å². The molecule has 0 amide bonds. The molecule has 7 heteroatoms. The van der Waals surface area contributed by atoms with Gasteiger partial charge in [0.15, 0.2) is 5.65 Å². The van der Waals surface area contributed by atoms with Gasteiger partial charge >= 0.3 is 0 Å². The molecule has 0 aliphatic heterocycles. The summed E-state index contributed by atoms with van der Waals surface area (Å²) in [4.78, 5) is 4.53. The highest BCUT2D eigenvalue weighted by atomic mass is 35.5. The maximum atomic E-state index is 11.4. The van der Waals surface area contributed by atoms with Crippen LogP contribution in [0.1, 0.15) is 24.5 Å². The number of aromatic nitrogens is 4. The van der Waals surface area contributed by atoms with Gasteiger partial charge in [0.25, 0.3) is 0 Å². The molecule has 18 heavy (non-hydrogen) atoms. The van der Waals surface area contributed by atoms with Crippen molar-refractivity contribution in [2.75, 3.05) is 12.0 Å². The second kappa shape index (κ2) is 5.01. The van der Waals surface area contributed by atoms with E-state index in [2.05, 4.69) is 10.1 Å². The van der Waals surface area contributed by atoms with Crippen LogP contribution >= 0.6 is 11.6 Å². The van der Waals surface area contributed by atoms with Gasteiger partial charge in [-0.2, -0.15) is 5.10 Å². The Morgan fingerprint density at radius 3 is 2.72 bits per heavy atom. The number of hydrogen-bond donors (Lipinski definition) is 0. The number of nitrogens with zero attached hydrogens (tertiary/aromatic N) is 4. The molecule has 0 saturated heterocycles. The Balaban J connectivity index is 2.62. The van der Waals surface area contributed by atoms with E-state index in [9.17, 15) is 4.21 Å². The van der Waals surface area contributed by atoms with E-state index in [-0.39, 0.29) is 6.04 Å². The molecule has 2 rings (SSSR count). The van der Waals surface area contributed by atoms with Gasteiger partial charge < -0.3 is 4.57 Å². The Morgan fingerprint density at radius 1 is 1.50 bits per heavy atom. The molecular formula is C11H17ClN4OS. The van der Waals surface area contributed by atoms with Crippen molar-refractivity contribution < 1.29 is 4.21 Å². The lowest BCUT2D eigenvalue weighted by Crippen LogP contribution is -2.16. The van der Waals surface area contributed by atoms with E-state index in [0.29, 0.717) is 11.6 Å². The number of fused-ring (bicyclic) bond motifs is 1. The maximum absolute atomic E-state index is 11.4. The van der Waals surface area contributed by atoms with Crippen molar-refractivity contribution >= 4 is 33.6 Å². The molecule has 2 atom stereocenters. The van der Waals surface area contributed by atoms with Crippen molar-refractivity contribution in [2.45, 2.75) is 25.8 Å². The lowest BCUT2D eigenvalue weighted by molar-refractivity contribution is 0.576. The Kier molecular flexibility index (Phi) is 3.77. The minimum atomic E-state index is -0.855. The summed E-state index contributed by atoms with van der Waals surface area (Å²) in [5, 5.41) is 4.36. The summed E-state index contributed by atoms with van der Waals surface area (Å²) >= 11 is 5.96. The van der Waals surface area contributed by atoms with Crippen molar-refractivity contribution in [3.8, 4) is 0 Å². The van der Waals surface area contributed by atoms with E-state index in [1.54, 1.807) is 6.26 Å². The summed E-state index contributed by atoms with van der Waals surface area (Å²) in [5.41, 5.74) is 2.71. The average Bonchev–Trinajstić information content (AvgIpc) is 2.77. The first-order valence-corrected chi connectivity index (χ1v) is 7.98. The van der Waals surface area contributed by atoms with E-state index in [4.69, 9.17) is 11.6 Å². The Labute approximate surface area is 114 Å². The molecular weight excluding hydrogens is 272 g/mol. The summed E-state index contributed by atoms with van der Waals surface area (Å²) in [6, 6.07) is 0.0874. The highest BCUT2D eigenvalue weighted by Gasteiger charge is 2.20. The van der Waals surface area contributed by atoms with E-state index < -0.39 is 10.8 Å². The predicted molar refractivity (Wildman–Crippen MR) is 74.4 cm³/mol. The largest absolute Gasteiger partial charge is 0.308 e. The summed E-state index contributed by atoms with van der Waals surface area (Å²) in [7, 11) is 1.04. The summed E-state index contributed by atoms with van der Waals surface area (Å²) in [6.45, 7) is 3.96. The topological polar surface area (TPSA) is 52.7 Å². The van der Waals surface area contributed by atoms with Crippen LogP contribution in [0.5, 0.6) is 0 Å². The van der Waals surface area contributed by atoms with Gasteiger partial charge in [-0.15, -0.1) is 11.6 Å². The Hall–Kier alpha value is -0.880. The van der Waals surface area contributed by atoms with E-state index in [1.165, 1.54) is 0 Å². The fraction of sp³-hybridized carbons (Fsp3) is 0.636. The zero-order valence-corrected chi connectivity index (χ0v) is 12.5. The fourth-order valence-electron chi connectivity index (χ4n) is 2.31. The van der Waals surface area contributed by atoms with Crippen LogP contribution in [0.15, 0.2) is 0 Å². The first-order valence-electron chi connectivity index (χ1n) is 5.72. The first kappa shape index (κ1) is 13.5. The van der Waals surface area contributed by atoms with Gasteiger partial charge in [-0.3, -0.25) is 8.89 Å².